The minimum atomic E-state index is 0.0688. The number of fused-ring (bicyclic) bond motifs is 1. The molecule has 3 aromatic rings. The van der Waals surface area contributed by atoms with E-state index in [9.17, 15) is 0 Å². The smallest absolute Gasteiger partial charge is 0.146 e. The van der Waals surface area contributed by atoms with E-state index in [2.05, 4.69) is 27.8 Å². The first kappa shape index (κ1) is 15.9. The summed E-state index contributed by atoms with van der Waals surface area (Å²) in [5, 5.41) is 15.5. The molecule has 120 valence electrons. The summed E-state index contributed by atoms with van der Waals surface area (Å²) in [6, 6.07) is 10.2. The van der Waals surface area contributed by atoms with Crippen molar-refractivity contribution in [1.29, 1.82) is 0 Å². The van der Waals surface area contributed by atoms with E-state index in [1.165, 1.54) is 0 Å². The Morgan fingerprint density at radius 3 is 2.65 bits per heavy atom. The molecule has 0 saturated carbocycles. The SMILES string of the molecule is CN(C)Cc1nc(NCCO)c2c(-c3ccccc3)csc2n1. The van der Waals surface area contributed by atoms with Crippen LogP contribution >= 0.6 is 11.3 Å². The van der Waals surface area contributed by atoms with E-state index in [-0.39, 0.29) is 6.61 Å². The molecule has 0 radical (unpaired) electrons. The van der Waals surface area contributed by atoms with E-state index in [1.54, 1.807) is 11.3 Å². The molecule has 0 unspecified atom stereocenters. The van der Waals surface area contributed by atoms with Gasteiger partial charge in [-0.25, -0.2) is 9.97 Å². The largest absolute Gasteiger partial charge is 0.395 e. The summed E-state index contributed by atoms with van der Waals surface area (Å²) in [6.45, 7) is 1.22. The molecule has 23 heavy (non-hydrogen) atoms. The van der Waals surface area contributed by atoms with Gasteiger partial charge < -0.3 is 15.3 Å². The van der Waals surface area contributed by atoms with Gasteiger partial charge in [0.25, 0.3) is 0 Å². The highest BCUT2D eigenvalue weighted by Crippen LogP contribution is 2.36. The van der Waals surface area contributed by atoms with Crippen molar-refractivity contribution in [3.05, 3.63) is 41.5 Å². The standard InChI is InChI=1S/C17H20N4OS/c1-21(2)10-14-19-16(18-8-9-22)15-13(11-23-17(15)20-14)12-6-4-3-5-7-12/h3-7,11,22H,8-10H2,1-2H3,(H,18,19,20). The summed E-state index contributed by atoms with van der Waals surface area (Å²) in [7, 11) is 4.00. The normalized spacial score (nSPS) is 11.3. The fraction of sp³-hybridized carbons (Fsp3) is 0.294. The molecule has 2 heterocycles. The maximum atomic E-state index is 9.14. The third-order valence-electron chi connectivity index (χ3n) is 3.43. The minimum absolute atomic E-state index is 0.0688. The molecular formula is C17H20N4OS. The zero-order valence-electron chi connectivity index (χ0n) is 13.3. The molecule has 5 nitrogen and oxygen atoms in total. The lowest BCUT2D eigenvalue weighted by molar-refractivity contribution is 0.311. The zero-order chi connectivity index (χ0) is 16.2. The Labute approximate surface area is 139 Å². The lowest BCUT2D eigenvalue weighted by Crippen LogP contribution is -2.15. The van der Waals surface area contributed by atoms with Crippen LogP contribution in [0.1, 0.15) is 5.82 Å². The van der Waals surface area contributed by atoms with E-state index < -0.39 is 0 Å². The van der Waals surface area contributed by atoms with Crippen LogP contribution in [0, 0.1) is 0 Å². The van der Waals surface area contributed by atoms with Gasteiger partial charge >= 0.3 is 0 Å². The number of hydrogen-bond donors (Lipinski definition) is 2. The molecular weight excluding hydrogens is 308 g/mol. The van der Waals surface area contributed by atoms with Gasteiger partial charge in [-0.1, -0.05) is 30.3 Å². The van der Waals surface area contributed by atoms with Crippen molar-refractivity contribution in [2.75, 3.05) is 32.6 Å². The van der Waals surface area contributed by atoms with Gasteiger partial charge in [-0.3, -0.25) is 0 Å². The predicted octanol–water partition coefficient (Wildman–Crippen LogP) is 2.82. The first-order valence-corrected chi connectivity index (χ1v) is 8.40. The second kappa shape index (κ2) is 7.04. The van der Waals surface area contributed by atoms with Gasteiger partial charge in [-0.2, -0.15) is 0 Å². The number of anilines is 1. The second-order valence-corrected chi connectivity index (χ2v) is 6.43. The van der Waals surface area contributed by atoms with Gasteiger partial charge in [0, 0.05) is 17.5 Å². The van der Waals surface area contributed by atoms with Crippen molar-refractivity contribution in [2.45, 2.75) is 6.54 Å². The fourth-order valence-electron chi connectivity index (χ4n) is 2.47. The van der Waals surface area contributed by atoms with Crippen LogP contribution in [0.25, 0.3) is 21.3 Å². The third kappa shape index (κ3) is 3.50. The summed E-state index contributed by atoms with van der Waals surface area (Å²) in [6.07, 6.45) is 0. The lowest BCUT2D eigenvalue weighted by atomic mass is 10.1. The number of nitrogens with zero attached hydrogens (tertiary/aromatic N) is 3. The minimum Gasteiger partial charge on any atom is -0.395 e. The van der Waals surface area contributed by atoms with Gasteiger partial charge in [-0.05, 0) is 19.7 Å². The van der Waals surface area contributed by atoms with Crippen LogP contribution < -0.4 is 5.32 Å². The molecule has 0 aliphatic carbocycles. The highest BCUT2D eigenvalue weighted by atomic mass is 32.1. The Morgan fingerprint density at radius 2 is 1.96 bits per heavy atom. The number of thiophene rings is 1. The number of nitrogens with one attached hydrogen (secondary N) is 1. The molecule has 2 aromatic heterocycles. The van der Waals surface area contributed by atoms with Gasteiger partial charge in [0.05, 0.1) is 18.5 Å². The summed E-state index contributed by atoms with van der Waals surface area (Å²) in [5.74, 6) is 1.57. The fourth-order valence-corrected chi connectivity index (χ4v) is 3.44. The molecule has 0 saturated heterocycles. The second-order valence-electron chi connectivity index (χ2n) is 5.57. The maximum Gasteiger partial charge on any atom is 0.146 e. The van der Waals surface area contributed by atoms with Crippen molar-refractivity contribution in [3.63, 3.8) is 0 Å². The van der Waals surface area contributed by atoms with Crippen LogP contribution in [-0.4, -0.2) is 47.2 Å². The van der Waals surface area contributed by atoms with Crippen LogP contribution in [0.2, 0.25) is 0 Å². The highest BCUT2D eigenvalue weighted by molar-refractivity contribution is 7.17. The van der Waals surface area contributed by atoms with Gasteiger partial charge in [0.1, 0.15) is 16.5 Å². The molecule has 6 heteroatoms. The quantitative estimate of drug-likeness (QED) is 0.728. The molecule has 0 aliphatic rings. The molecule has 2 N–H and O–H groups in total. The summed E-state index contributed by atoms with van der Waals surface area (Å²) in [4.78, 5) is 12.4. The molecule has 1 aromatic carbocycles. The number of aliphatic hydroxyl groups excluding tert-OH is 1. The molecule has 0 aliphatic heterocycles. The van der Waals surface area contributed by atoms with Crippen LogP contribution in [0.3, 0.4) is 0 Å². The molecule has 0 atom stereocenters. The van der Waals surface area contributed by atoms with Crippen molar-refractivity contribution in [1.82, 2.24) is 14.9 Å². The Balaban J connectivity index is 2.13. The van der Waals surface area contributed by atoms with Crippen molar-refractivity contribution < 1.29 is 5.11 Å². The number of aromatic nitrogens is 2. The Hall–Kier alpha value is -2.02. The Bertz CT molecular complexity index is 786. The van der Waals surface area contributed by atoms with E-state index in [0.29, 0.717) is 13.1 Å². The lowest BCUT2D eigenvalue weighted by Gasteiger charge is -2.12. The average molecular weight is 328 g/mol. The van der Waals surface area contributed by atoms with Gasteiger partial charge in [-0.15, -0.1) is 11.3 Å². The maximum absolute atomic E-state index is 9.14. The van der Waals surface area contributed by atoms with Gasteiger partial charge in [0.2, 0.25) is 0 Å². The topological polar surface area (TPSA) is 61.3 Å². The number of aliphatic hydroxyl groups is 1. The van der Waals surface area contributed by atoms with E-state index >= 15 is 0 Å². The zero-order valence-corrected chi connectivity index (χ0v) is 14.1. The van der Waals surface area contributed by atoms with E-state index in [0.717, 1.165) is 33.0 Å². The first-order chi connectivity index (χ1) is 11.2. The summed E-state index contributed by atoms with van der Waals surface area (Å²) < 4.78 is 0. The molecule has 0 bridgehead atoms. The Morgan fingerprint density at radius 1 is 1.17 bits per heavy atom. The molecule has 0 amide bonds. The predicted molar refractivity (Wildman–Crippen MR) is 95.8 cm³/mol. The monoisotopic (exact) mass is 328 g/mol. The molecule has 0 fully saturated rings. The number of rotatable bonds is 6. The number of benzene rings is 1. The first-order valence-electron chi connectivity index (χ1n) is 7.52. The highest BCUT2D eigenvalue weighted by Gasteiger charge is 2.15. The van der Waals surface area contributed by atoms with Gasteiger partial charge in [0.15, 0.2) is 0 Å². The Kier molecular flexibility index (Phi) is 4.85. The van der Waals surface area contributed by atoms with Crippen LogP contribution in [0.15, 0.2) is 35.7 Å². The van der Waals surface area contributed by atoms with Crippen molar-refractivity contribution >= 4 is 27.4 Å². The van der Waals surface area contributed by atoms with Crippen LogP contribution in [0.5, 0.6) is 0 Å². The average Bonchev–Trinajstić information content (AvgIpc) is 2.97. The van der Waals surface area contributed by atoms with E-state index in [1.807, 2.05) is 37.2 Å². The third-order valence-corrected chi connectivity index (χ3v) is 4.30. The van der Waals surface area contributed by atoms with E-state index in [4.69, 9.17) is 10.1 Å². The van der Waals surface area contributed by atoms with Crippen molar-refractivity contribution in [3.8, 4) is 11.1 Å². The molecule has 0 spiro atoms. The number of hydrogen-bond acceptors (Lipinski definition) is 6. The summed E-state index contributed by atoms with van der Waals surface area (Å²) in [5.41, 5.74) is 2.28. The summed E-state index contributed by atoms with van der Waals surface area (Å²) >= 11 is 1.63. The van der Waals surface area contributed by atoms with Crippen LogP contribution in [-0.2, 0) is 6.54 Å². The van der Waals surface area contributed by atoms with Crippen LogP contribution in [0.4, 0.5) is 5.82 Å². The van der Waals surface area contributed by atoms with Crippen molar-refractivity contribution in [2.24, 2.45) is 0 Å². The molecule has 3 rings (SSSR count).